The van der Waals surface area contributed by atoms with Gasteiger partial charge in [0.25, 0.3) is 5.91 Å². The second-order valence-electron chi connectivity index (χ2n) is 8.60. The van der Waals surface area contributed by atoms with Crippen LogP contribution in [0.4, 0.5) is 5.69 Å². The van der Waals surface area contributed by atoms with Crippen molar-refractivity contribution in [1.29, 1.82) is 0 Å². The van der Waals surface area contributed by atoms with E-state index in [4.69, 9.17) is 16.6 Å². The van der Waals surface area contributed by atoms with Gasteiger partial charge in [-0.25, -0.2) is 0 Å². The molecule has 1 fully saturated rings. The number of benzene rings is 2. The van der Waals surface area contributed by atoms with Crippen LogP contribution in [0.3, 0.4) is 0 Å². The fourth-order valence-electron chi connectivity index (χ4n) is 4.55. The monoisotopic (exact) mass is 455 g/mol. The van der Waals surface area contributed by atoms with Crippen molar-refractivity contribution < 1.29 is 4.79 Å². The Labute approximate surface area is 194 Å². The summed E-state index contributed by atoms with van der Waals surface area (Å²) in [7, 11) is 0. The number of hydrogen-bond acceptors (Lipinski definition) is 4. The highest BCUT2D eigenvalue weighted by atomic mass is 35.5. The molecule has 1 saturated heterocycles. The summed E-state index contributed by atoms with van der Waals surface area (Å²) in [5, 5.41) is 3.79. The fraction of sp³-hybridized carbons (Fsp3) is 0.440. The van der Waals surface area contributed by atoms with Crippen LogP contribution < -0.4 is 5.32 Å². The van der Waals surface area contributed by atoms with Gasteiger partial charge in [0.05, 0.1) is 5.69 Å². The number of amides is 1. The molecule has 4 nitrogen and oxygen atoms in total. The van der Waals surface area contributed by atoms with Crippen molar-refractivity contribution in [3.05, 3.63) is 52.5 Å². The van der Waals surface area contributed by atoms with E-state index < -0.39 is 0 Å². The highest BCUT2D eigenvalue weighted by Gasteiger charge is 2.24. The molecule has 2 aromatic rings. The zero-order valence-electron chi connectivity index (χ0n) is 18.5. The molecule has 2 heterocycles. The lowest BCUT2D eigenvalue weighted by Gasteiger charge is -2.39. The van der Waals surface area contributed by atoms with E-state index in [2.05, 4.69) is 24.1 Å². The summed E-state index contributed by atoms with van der Waals surface area (Å²) in [6, 6.07) is 12.9. The molecule has 2 aliphatic rings. The number of rotatable bonds is 5. The molecule has 0 saturated carbocycles. The minimum Gasteiger partial charge on any atom is -0.352 e. The van der Waals surface area contributed by atoms with E-state index in [9.17, 15) is 4.79 Å². The second kappa shape index (κ2) is 9.76. The predicted molar refractivity (Wildman–Crippen MR) is 130 cm³/mol. The molecule has 2 atom stereocenters. The van der Waals surface area contributed by atoms with Crippen molar-refractivity contribution in [2.24, 2.45) is 4.99 Å². The summed E-state index contributed by atoms with van der Waals surface area (Å²) in [5.41, 5.74) is 3.44. The van der Waals surface area contributed by atoms with Crippen LogP contribution >= 0.6 is 23.4 Å². The first-order chi connectivity index (χ1) is 14.9. The molecule has 2 aliphatic heterocycles. The Morgan fingerprint density at radius 3 is 2.68 bits per heavy atom. The normalized spacial score (nSPS) is 21.0. The van der Waals surface area contributed by atoms with Crippen molar-refractivity contribution in [3.8, 4) is 0 Å². The van der Waals surface area contributed by atoms with E-state index >= 15 is 0 Å². The molecule has 0 aliphatic carbocycles. The number of fused-ring (bicyclic) bond motifs is 2. The number of nitrogens with one attached hydrogen (secondary N) is 1. The van der Waals surface area contributed by atoms with Gasteiger partial charge in [-0.1, -0.05) is 29.8 Å². The number of halogens is 1. The average Bonchev–Trinajstić information content (AvgIpc) is 2.88. The summed E-state index contributed by atoms with van der Waals surface area (Å²) >= 11 is 7.84. The van der Waals surface area contributed by atoms with Crippen molar-refractivity contribution in [2.75, 3.05) is 13.1 Å². The first-order valence-electron chi connectivity index (χ1n) is 11.1. The van der Waals surface area contributed by atoms with Crippen LogP contribution in [0.25, 0.3) is 0 Å². The minimum atomic E-state index is -0.0369. The SMILES string of the molecule is CC1=Nc2cc(C(=O)NCCCN3[C@@H](C)CCC[C@@H]3C)ccc2Sc2ccc(Cl)cc21. The lowest BCUT2D eigenvalue weighted by Crippen LogP contribution is -2.44. The largest absolute Gasteiger partial charge is 0.352 e. The minimum absolute atomic E-state index is 0.0369. The number of hydrogen-bond donors (Lipinski definition) is 1. The summed E-state index contributed by atoms with van der Waals surface area (Å²) in [6.07, 6.45) is 4.85. The smallest absolute Gasteiger partial charge is 0.251 e. The number of nitrogens with zero attached hydrogens (tertiary/aromatic N) is 2. The predicted octanol–water partition coefficient (Wildman–Crippen LogP) is 6.33. The molecule has 164 valence electrons. The molecule has 0 bridgehead atoms. The zero-order chi connectivity index (χ0) is 22.0. The van der Waals surface area contributed by atoms with Gasteiger partial charge in [0.15, 0.2) is 0 Å². The van der Waals surface area contributed by atoms with Crippen molar-refractivity contribution in [1.82, 2.24) is 10.2 Å². The van der Waals surface area contributed by atoms with E-state index in [1.807, 2.05) is 43.3 Å². The van der Waals surface area contributed by atoms with Crippen LogP contribution in [0.15, 0.2) is 51.2 Å². The summed E-state index contributed by atoms with van der Waals surface area (Å²) in [5.74, 6) is -0.0369. The van der Waals surface area contributed by atoms with Gasteiger partial charge in [0, 0.05) is 56.8 Å². The van der Waals surface area contributed by atoms with Crippen LogP contribution in [0, 0.1) is 0 Å². The van der Waals surface area contributed by atoms with Gasteiger partial charge in [0.2, 0.25) is 0 Å². The molecule has 0 unspecified atom stereocenters. The highest BCUT2D eigenvalue weighted by Crippen LogP contribution is 2.41. The summed E-state index contributed by atoms with van der Waals surface area (Å²) < 4.78 is 0. The van der Waals surface area contributed by atoms with Crippen LogP contribution in [0.5, 0.6) is 0 Å². The van der Waals surface area contributed by atoms with E-state index in [1.54, 1.807) is 11.8 Å². The molecule has 0 aromatic heterocycles. The Morgan fingerprint density at radius 1 is 1.16 bits per heavy atom. The van der Waals surface area contributed by atoms with Gasteiger partial charge in [-0.05, 0) is 76.4 Å². The zero-order valence-corrected chi connectivity index (χ0v) is 20.0. The first kappa shape index (κ1) is 22.4. The van der Waals surface area contributed by atoms with Gasteiger partial charge in [-0.15, -0.1) is 0 Å². The Bertz CT molecular complexity index is 996. The molecule has 1 amide bonds. The Hall–Kier alpha value is -1.82. The molecule has 0 radical (unpaired) electrons. The van der Waals surface area contributed by atoms with E-state index in [-0.39, 0.29) is 5.91 Å². The van der Waals surface area contributed by atoms with Gasteiger partial charge in [-0.2, -0.15) is 0 Å². The topological polar surface area (TPSA) is 44.7 Å². The lowest BCUT2D eigenvalue weighted by atomic mass is 9.97. The number of likely N-dealkylation sites (tertiary alicyclic amines) is 1. The quantitative estimate of drug-likeness (QED) is 0.536. The third-order valence-electron chi connectivity index (χ3n) is 6.32. The van der Waals surface area contributed by atoms with Crippen LogP contribution in [0.2, 0.25) is 5.02 Å². The number of piperidine rings is 1. The average molecular weight is 456 g/mol. The van der Waals surface area contributed by atoms with Gasteiger partial charge < -0.3 is 5.32 Å². The number of carbonyl (C=O) groups is 1. The number of aliphatic imine (C=N–C) groups is 1. The second-order valence-corrected chi connectivity index (χ2v) is 10.1. The molecule has 4 rings (SSSR count). The van der Waals surface area contributed by atoms with Crippen molar-refractivity contribution in [3.63, 3.8) is 0 Å². The fourth-order valence-corrected chi connectivity index (χ4v) is 5.75. The van der Waals surface area contributed by atoms with E-state index in [1.165, 1.54) is 19.3 Å². The molecule has 1 N–H and O–H groups in total. The maximum absolute atomic E-state index is 12.7. The molecule has 6 heteroatoms. The van der Waals surface area contributed by atoms with Gasteiger partial charge in [0.1, 0.15) is 0 Å². The Morgan fingerprint density at radius 2 is 1.90 bits per heavy atom. The van der Waals surface area contributed by atoms with Crippen LogP contribution in [-0.2, 0) is 0 Å². The molecule has 2 aromatic carbocycles. The third kappa shape index (κ3) is 5.16. The maximum atomic E-state index is 12.7. The van der Waals surface area contributed by atoms with Crippen LogP contribution in [-0.4, -0.2) is 41.7 Å². The van der Waals surface area contributed by atoms with Crippen molar-refractivity contribution in [2.45, 2.75) is 68.3 Å². The summed E-state index contributed by atoms with van der Waals surface area (Å²) in [6.45, 7) is 8.34. The van der Waals surface area contributed by atoms with Gasteiger partial charge in [-0.3, -0.25) is 14.7 Å². The van der Waals surface area contributed by atoms with E-state index in [0.29, 0.717) is 29.2 Å². The molecule has 31 heavy (non-hydrogen) atoms. The van der Waals surface area contributed by atoms with Crippen LogP contribution in [0.1, 0.15) is 62.4 Å². The molecule has 0 spiro atoms. The number of carbonyl (C=O) groups excluding carboxylic acids is 1. The third-order valence-corrected chi connectivity index (χ3v) is 7.69. The van der Waals surface area contributed by atoms with E-state index in [0.717, 1.165) is 39.7 Å². The van der Waals surface area contributed by atoms with Gasteiger partial charge >= 0.3 is 0 Å². The first-order valence-corrected chi connectivity index (χ1v) is 12.3. The standard InChI is InChI=1S/C25H30ClN3OS/c1-16-6-4-7-17(2)29(16)13-5-12-27-25(30)19-8-10-24-22(14-19)28-18(3)21-15-20(26)9-11-23(21)31-24/h8-11,14-17H,4-7,12-13H2,1-3H3,(H,27,30)/t16-,17-/m0/s1. The maximum Gasteiger partial charge on any atom is 0.251 e. The highest BCUT2D eigenvalue weighted by molar-refractivity contribution is 7.99. The Balaban J connectivity index is 1.39. The molecular formula is C25H30ClN3OS. The van der Waals surface area contributed by atoms with Crippen molar-refractivity contribution >= 4 is 40.7 Å². The summed E-state index contributed by atoms with van der Waals surface area (Å²) in [4.78, 5) is 22.3. The Kier molecular flexibility index (Phi) is 7.05. The molecular weight excluding hydrogens is 426 g/mol. The lowest BCUT2D eigenvalue weighted by molar-refractivity contribution is 0.0925.